The Morgan fingerprint density at radius 1 is 0.860 bits per heavy atom. The van der Waals surface area contributed by atoms with Crippen LogP contribution in [0.4, 0.5) is 0 Å². The number of Topliss-reactive ketones (excluding diaryl/α,β-unsaturated/α-hetero) is 2. The number of phenols is 1. The van der Waals surface area contributed by atoms with Crippen LogP contribution in [0.3, 0.4) is 0 Å². The van der Waals surface area contributed by atoms with Crippen molar-refractivity contribution in [2.75, 3.05) is 46.0 Å². The van der Waals surface area contributed by atoms with Gasteiger partial charge in [0.25, 0.3) is 0 Å². The Labute approximate surface area is 361 Å². The van der Waals surface area contributed by atoms with E-state index in [1.807, 2.05) is 19.9 Å². The van der Waals surface area contributed by atoms with Crippen LogP contribution >= 0.6 is 108 Å². The molecule has 0 heterocycles. The first-order chi connectivity index (χ1) is 23.7. The van der Waals surface area contributed by atoms with E-state index in [0.717, 1.165) is 57.9 Å². The fraction of sp³-hybridized carbons (Fsp3) is 0.600. The number of methoxy groups -OCH3 is 2. The van der Waals surface area contributed by atoms with Crippen molar-refractivity contribution in [3.8, 4) is 11.5 Å². The van der Waals surface area contributed by atoms with Gasteiger partial charge in [-0.25, -0.2) is 0 Å². The number of alkyl halides is 1. The molecule has 50 heavy (non-hydrogen) atoms. The molecule has 1 N–H and O–H groups in total. The van der Waals surface area contributed by atoms with Crippen LogP contribution in [0.1, 0.15) is 87.5 Å². The predicted molar refractivity (Wildman–Crippen MR) is 234 cm³/mol. The Balaban J connectivity index is 0.000000385. The van der Waals surface area contributed by atoms with Crippen molar-refractivity contribution < 1.29 is 43.3 Å². The van der Waals surface area contributed by atoms with Crippen molar-refractivity contribution in [2.45, 2.75) is 90.4 Å². The van der Waals surface area contributed by atoms with Crippen LogP contribution in [0, 0.1) is 0 Å². The fourth-order valence-electron chi connectivity index (χ4n) is 5.71. The number of halogens is 6. The van der Waals surface area contributed by atoms with Gasteiger partial charge in [-0.3, -0.25) is 0 Å². The summed E-state index contributed by atoms with van der Waals surface area (Å²) in [4.78, 5) is 22.2. The second kappa shape index (κ2) is 27.9. The van der Waals surface area contributed by atoms with E-state index < -0.39 is 0 Å². The summed E-state index contributed by atoms with van der Waals surface area (Å²) in [5.41, 5.74) is 4.94. The number of hydrogen-bond acceptors (Lipinski definition) is 8. The zero-order valence-corrected chi connectivity index (χ0v) is 42.0. The molecule has 0 saturated carbocycles. The molecule has 2 aromatic rings. The van der Waals surface area contributed by atoms with Gasteiger partial charge in [0.2, 0.25) is 0 Å². The molecule has 2 aliphatic carbocycles. The molecule has 0 amide bonds. The summed E-state index contributed by atoms with van der Waals surface area (Å²) in [6, 6.07) is 7.91. The number of benzene rings is 2. The van der Waals surface area contributed by atoms with Crippen molar-refractivity contribution in [1.29, 1.82) is 0 Å². The van der Waals surface area contributed by atoms with Gasteiger partial charge in [0.1, 0.15) is 29.7 Å². The fourth-order valence-corrected chi connectivity index (χ4v) is 6.98. The Hall–Kier alpha value is 1.43. The van der Waals surface area contributed by atoms with Gasteiger partial charge in [0.15, 0.2) is 6.29 Å². The molecule has 0 aliphatic heterocycles. The second-order valence-electron chi connectivity index (χ2n) is 11.6. The van der Waals surface area contributed by atoms with E-state index in [2.05, 4.69) is 120 Å². The van der Waals surface area contributed by atoms with Crippen molar-refractivity contribution in [1.82, 2.24) is 0 Å². The number of phenolic OH excluding ortho intramolecular Hbond substituents is 1. The normalized spacial score (nSPS) is 16.8. The van der Waals surface area contributed by atoms with Crippen molar-refractivity contribution in [2.24, 2.45) is 0 Å². The van der Waals surface area contributed by atoms with Gasteiger partial charge in [0, 0.05) is 45.6 Å². The zero-order valence-electron chi connectivity index (χ0n) is 29.4. The van der Waals surface area contributed by atoms with E-state index >= 15 is 0 Å². The maximum absolute atomic E-state index is 11.4. The van der Waals surface area contributed by atoms with Crippen LogP contribution in [-0.2, 0) is 46.3 Å². The maximum atomic E-state index is 11.4. The van der Waals surface area contributed by atoms with Gasteiger partial charge >= 0.3 is 64.9 Å². The molecule has 0 spiro atoms. The van der Waals surface area contributed by atoms with Crippen molar-refractivity contribution in [3.05, 3.63) is 55.5 Å². The van der Waals surface area contributed by atoms with Crippen molar-refractivity contribution >= 4 is 119 Å². The SMILES string of the molecule is CC(=O)CC1CCc2cc(Br)c(O)cc21.CCOC(CBr)COC.CCOC(COc1cc2c(cc1Br)CCC2CC(C)=O)OC.[I][V]([I])[I]. The van der Waals surface area contributed by atoms with Crippen LogP contribution < -0.4 is 4.74 Å². The minimum atomic E-state index is -0.377. The zero-order chi connectivity index (χ0) is 37.8. The molecule has 2 aromatic carbocycles. The summed E-state index contributed by atoms with van der Waals surface area (Å²) < 4.78 is 28.3. The summed E-state index contributed by atoms with van der Waals surface area (Å²) >= 11 is 17.6. The molecule has 284 valence electrons. The van der Waals surface area contributed by atoms with Crippen LogP contribution in [0.15, 0.2) is 33.2 Å². The van der Waals surface area contributed by atoms with Gasteiger partial charge in [-0.1, -0.05) is 15.9 Å². The third kappa shape index (κ3) is 19.3. The van der Waals surface area contributed by atoms with Gasteiger partial charge in [-0.2, -0.15) is 0 Å². The predicted octanol–water partition coefficient (Wildman–Crippen LogP) is 11.1. The van der Waals surface area contributed by atoms with Crippen LogP contribution in [0.25, 0.3) is 0 Å². The van der Waals surface area contributed by atoms with E-state index in [0.29, 0.717) is 44.5 Å². The molecule has 4 rings (SSSR count). The number of carbonyl (C=O) groups is 2. The molecular formula is C35H49Br3I3O8V. The Morgan fingerprint density at radius 3 is 1.80 bits per heavy atom. The Kier molecular flexibility index (Phi) is 27.6. The third-order valence-electron chi connectivity index (χ3n) is 7.79. The van der Waals surface area contributed by atoms with Crippen LogP contribution in [0.2, 0.25) is 0 Å². The molecule has 0 bridgehead atoms. The molecule has 0 aromatic heterocycles. The number of carbonyl (C=O) groups excluding carboxylic acids is 2. The molecule has 4 atom stereocenters. The van der Waals surface area contributed by atoms with Gasteiger partial charge < -0.3 is 38.4 Å². The van der Waals surface area contributed by atoms with Gasteiger partial charge in [-0.05, 0) is 144 Å². The summed E-state index contributed by atoms with van der Waals surface area (Å²) in [7, 11) is 3.28. The van der Waals surface area contributed by atoms with E-state index in [1.54, 1.807) is 34.1 Å². The number of ether oxygens (including phenoxy) is 5. The Bertz CT molecular complexity index is 1320. The molecule has 0 radical (unpaired) electrons. The standard InChI is InChI=1S/C17H23BrO4.C12H13BrO2.C6H13BrO2.3HI.V/c1-4-21-17(20-3)10-22-16-9-14-12(7-11(2)19)5-6-13(14)8-15(16)18;1-7(14)4-8-2-3-9-5-11(13)12(15)6-10(8)9;1-3-9-6(4-7)5-8-2;;;;/h8-9,12,17H,4-7,10H2,1-3H3;5-6,8,15H,2-4H2,1H3;6H,3-5H2,1-2H3;3*1H;/q;;;;;;+3/p-3. The number of ketones is 2. The Morgan fingerprint density at radius 2 is 1.36 bits per heavy atom. The van der Waals surface area contributed by atoms with Crippen LogP contribution in [-0.4, -0.2) is 75.0 Å². The quantitative estimate of drug-likeness (QED) is 0.107. The van der Waals surface area contributed by atoms with E-state index in [4.69, 9.17) is 23.7 Å². The van der Waals surface area contributed by atoms with Crippen LogP contribution in [0.5, 0.6) is 11.5 Å². The van der Waals surface area contributed by atoms with E-state index in [1.165, 1.54) is 16.7 Å². The average Bonchev–Trinajstić information content (AvgIpc) is 3.61. The molecule has 2 aliphatic rings. The molecule has 15 heteroatoms. The molecular weight excluding hydrogens is 1220 g/mol. The monoisotopic (exact) mass is 1270 g/mol. The number of aryl methyl sites for hydroxylation is 2. The third-order valence-corrected chi connectivity index (χ3v) is 9.77. The van der Waals surface area contributed by atoms with E-state index in [9.17, 15) is 14.7 Å². The van der Waals surface area contributed by atoms with Gasteiger partial charge in [0.05, 0.1) is 21.7 Å². The molecule has 8 nitrogen and oxygen atoms in total. The van der Waals surface area contributed by atoms with E-state index in [-0.39, 0.29) is 34.6 Å². The average molecular weight is 1270 g/mol. The summed E-state index contributed by atoms with van der Waals surface area (Å²) in [5, 5.41) is 10.4. The molecule has 0 saturated heterocycles. The number of hydrogen-bond donors (Lipinski definition) is 1. The van der Waals surface area contributed by atoms with Crippen molar-refractivity contribution in [3.63, 3.8) is 0 Å². The number of fused-ring (bicyclic) bond motifs is 2. The van der Waals surface area contributed by atoms with Gasteiger partial charge in [-0.15, -0.1) is 0 Å². The minimum absolute atomic E-state index is 0.208. The summed E-state index contributed by atoms with van der Waals surface area (Å²) in [6.07, 6.45) is 5.10. The number of rotatable bonds is 15. The molecule has 0 fully saturated rings. The number of aromatic hydroxyl groups is 1. The molecule has 4 unspecified atom stereocenters. The first-order valence-corrected chi connectivity index (χ1v) is 32.5. The topological polar surface area (TPSA) is 101 Å². The second-order valence-corrected chi connectivity index (χ2v) is 49.3. The first kappa shape index (κ1) is 49.5. The first-order valence-electron chi connectivity index (χ1n) is 16.2. The summed E-state index contributed by atoms with van der Waals surface area (Å²) in [6.45, 7) is 9.50. The summed E-state index contributed by atoms with van der Waals surface area (Å²) in [5.74, 6) is 2.11.